The van der Waals surface area contributed by atoms with Crippen LogP contribution in [0.2, 0.25) is 5.02 Å². The Morgan fingerprint density at radius 2 is 2.07 bits per heavy atom. The third-order valence-corrected chi connectivity index (χ3v) is 5.55. The third kappa shape index (κ3) is 6.09. The number of hydrogen-bond acceptors (Lipinski definition) is 2. The number of anilines is 1. The van der Waals surface area contributed by atoms with Gasteiger partial charge in [0, 0.05) is 47.7 Å². The standard InChI is InChI=1S/C20H22BrClN4O.HI/c1-23-20(24-9-8-13-10-15(22)6-7-17(13)21)25-12-14-11-19(27)26-18-5-3-2-4-16(14)18;/h2-7,10,14H,8-9,11-12H2,1H3,(H,26,27)(H2,23,24,25);1H. The molecule has 150 valence electrons. The smallest absolute Gasteiger partial charge is 0.225 e. The maximum Gasteiger partial charge on any atom is 0.225 e. The van der Waals surface area contributed by atoms with Crippen molar-refractivity contribution >= 4 is 69.1 Å². The molecular weight excluding hydrogens is 555 g/mol. The molecule has 0 aliphatic carbocycles. The van der Waals surface area contributed by atoms with E-state index in [0.29, 0.717) is 13.0 Å². The lowest BCUT2D eigenvalue weighted by Gasteiger charge is -2.26. The average molecular weight is 578 g/mol. The number of hydrogen-bond donors (Lipinski definition) is 3. The summed E-state index contributed by atoms with van der Waals surface area (Å²) in [7, 11) is 1.74. The molecule has 2 aromatic rings. The quantitative estimate of drug-likeness (QED) is 0.278. The number of rotatable bonds is 5. The van der Waals surface area contributed by atoms with Crippen LogP contribution >= 0.6 is 51.5 Å². The molecule has 1 amide bonds. The number of nitrogens with zero attached hydrogens (tertiary/aromatic N) is 1. The van der Waals surface area contributed by atoms with E-state index in [1.807, 2.05) is 36.4 Å². The fraction of sp³-hybridized carbons (Fsp3) is 0.300. The van der Waals surface area contributed by atoms with E-state index >= 15 is 0 Å². The molecule has 0 bridgehead atoms. The van der Waals surface area contributed by atoms with Crippen LogP contribution in [0.1, 0.15) is 23.5 Å². The van der Waals surface area contributed by atoms with E-state index in [1.165, 1.54) is 0 Å². The van der Waals surface area contributed by atoms with Gasteiger partial charge >= 0.3 is 0 Å². The summed E-state index contributed by atoms with van der Waals surface area (Å²) < 4.78 is 1.04. The van der Waals surface area contributed by atoms with Crippen LogP contribution in [0.15, 0.2) is 51.9 Å². The van der Waals surface area contributed by atoms with Gasteiger partial charge in [0.05, 0.1) is 0 Å². The molecule has 1 aliphatic rings. The van der Waals surface area contributed by atoms with Crippen molar-refractivity contribution in [2.45, 2.75) is 18.8 Å². The molecule has 8 heteroatoms. The zero-order valence-electron chi connectivity index (χ0n) is 15.5. The van der Waals surface area contributed by atoms with Crippen LogP contribution in [-0.2, 0) is 11.2 Å². The van der Waals surface area contributed by atoms with Gasteiger partial charge in [-0.05, 0) is 41.8 Å². The minimum atomic E-state index is 0. The predicted molar refractivity (Wildman–Crippen MR) is 130 cm³/mol. The average Bonchev–Trinajstić information content (AvgIpc) is 2.66. The first-order valence-electron chi connectivity index (χ1n) is 8.84. The van der Waals surface area contributed by atoms with E-state index in [-0.39, 0.29) is 35.8 Å². The summed E-state index contributed by atoms with van der Waals surface area (Å²) in [5.74, 6) is 0.890. The lowest BCUT2D eigenvalue weighted by molar-refractivity contribution is -0.116. The number of amides is 1. The first kappa shape index (κ1) is 23.0. The molecule has 28 heavy (non-hydrogen) atoms. The minimum Gasteiger partial charge on any atom is -0.356 e. The Morgan fingerprint density at radius 3 is 2.86 bits per heavy atom. The number of para-hydroxylation sites is 1. The lowest BCUT2D eigenvalue weighted by Crippen LogP contribution is -2.41. The van der Waals surface area contributed by atoms with Crippen LogP contribution in [-0.4, -0.2) is 32.0 Å². The van der Waals surface area contributed by atoms with Crippen molar-refractivity contribution in [3.8, 4) is 0 Å². The third-order valence-electron chi connectivity index (χ3n) is 4.54. The summed E-state index contributed by atoms with van der Waals surface area (Å²) in [6.45, 7) is 1.37. The molecule has 0 spiro atoms. The fourth-order valence-electron chi connectivity index (χ4n) is 3.17. The second kappa shape index (κ2) is 11.0. The number of fused-ring (bicyclic) bond motifs is 1. The van der Waals surface area contributed by atoms with Gasteiger partial charge in [-0.2, -0.15) is 0 Å². The van der Waals surface area contributed by atoms with E-state index in [1.54, 1.807) is 7.05 Å². The SMILES string of the molecule is CN=C(NCCc1cc(Cl)ccc1Br)NCC1CC(=O)Nc2ccccc21.I. The van der Waals surface area contributed by atoms with Gasteiger partial charge < -0.3 is 16.0 Å². The number of nitrogens with one attached hydrogen (secondary N) is 3. The highest BCUT2D eigenvalue weighted by Gasteiger charge is 2.24. The second-order valence-corrected chi connectivity index (χ2v) is 7.69. The van der Waals surface area contributed by atoms with Crippen LogP contribution in [0.25, 0.3) is 0 Å². The van der Waals surface area contributed by atoms with E-state index in [9.17, 15) is 4.79 Å². The van der Waals surface area contributed by atoms with Gasteiger partial charge in [0.2, 0.25) is 5.91 Å². The van der Waals surface area contributed by atoms with Crippen LogP contribution in [0.5, 0.6) is 0 Å². The first-order valence-corrected chi connectivity index (χ1v) is 10.0. The molecule has 1 heterocycles. The summed E-state index contributed by atoms with van der Waals surface area (Å²) >= 11 is 9.61. The Kier molecular flexibility index (Phi) is 9.04. The Hall–Kier alpha value is -1.32. The Morgan fingerprint density at radius 1 is 1.29 bits per heavy atom. The largest absolute Gasteiger partial charge is 0.356 e. The van der Waals surface area contributed by atoms with Gasteiger partial charge in [0.15, 0.2) is 5.96 Å². The first-order chi connectivity index (χ1) is 13.1. The molecule has 0 radical (unpaired) electrons. The van der Waals surface area contributed by atoms with Crippen molar-refractivity contribution in [2.24, 2.45) is 4.99 Å². The number of guanidine groups is 1. The van der Waals surface area contributed by atoms with Gasteiger partial charge in [0.25, 0.3) is 0 Å². The molecule has 0 saturated carbocycles. The summed E-state index contributed by atoms with van der Waals surface area (Å²) in [6, 6.07) is 13.7. The molecule has 1 aliphatic heterocycles. The van der Waals surface area contributed by atoms with Crippen molar-refractivity contribution in [1.82, 2.24) is 10.6 Å². The highest BCUT2D eigenvalue weighted by Crippen LogP contribution is 2.31. The Balaban J connectivity index is 0.00000280. The van der Waals surface area contributed by atoms with E-state index < -0.39 is 0 Å². The summed E-state index contributed by atoms with van der Waals surface area (Å²) in [5.41, 5.74) is 3.19. The topological polar surface area (TPSA) is 65.5 Å². The zero-order chi connectivity index (χ0) is 19.2. The van der Waals surface area contributed by atoms with E-state index in [0.717, 1.165) is 45.2 Å². The van der Waals surface area contributed by atoms with Crippen molar-refractivity contribution in [3.63, 3.8) is 0 Å². The molecule has 1 unspecified atom stereocenters. The van der Waals surface area contributed by atoms with Gasteiger partial charge in [-0.3, -0.25) is 9.79 Å². The molecule has 0 fully saturated rings. The van der Waals surface area contributed by atoms with Crippen molar-refractivity contribution in [2.75, 3.05) is 25.5 Å². The van der Waals surface area contributed by atoms with E-state index in [2.05, 4.69) is 42.9 Å². The molecular formula is C20H23BrClIN4O. The van der Waals surface area contributed by atoms with Crippen LogP contribution in [0.4, 0.5) is 5.69 Å². The summed E-state index contributed by atoms with van der Waals surface area (Å²) in [4.78, 5) is 16.2. The number of benzene rings is 2. The molecule has 0 aromatic heterocycles. The Bertz CT molecular complexity index is 862. The summed E-state index contributed by atoms with van der Waals surface area (Å²) in [6.07, 6.45) is 1.28. The Labute approximate surface area is 195 Å². The number of aliphatic imine (C=N–C) groups is 1. The van der Waals surface area contributed by atoms with Crippen molar-refractivity contribution in [3.05, 3.63) is 63.1 Å². The molecule has 1 atom stereocenters. The van der Waals surface area contributed by atoms with Crippen LogP contribution < -0.4 is 16.0 Å². The molecule has 2 aromatic carbocycles. The van der Waals surface area contributed by atoms with Gasteiger partial charge in [-0.25, -0.2) is 0 Å². The molecule has 5 nitrogen and oxygen atoms in total. The number of carbonyl (C=O) groups excluding carboxylic acids is 1. The molecule has 3 N–H and O–H groups in total. The van der Waals surface area contributed by atoms with Crippen LogP contribution in [0, 0.1) is 0 Å². The highest BCUT2D eigenvalue weighted by molar-refractivity contribution is 14.0. The fourth-order valence-corrected chi connectivity index (χ4v) is 3.81. The van der Waals surface area contributed by atoms with Crippen molar-refractivity contribution in [1.29, 1.82) is 0 Å². The maximum atomic E-state index is 11.9. The van der Waals surface area contributed by atoms with Gasteiger partial charge in [-0.15, -0.1) is 24.0 Å². The number of halogens is 3. The second-order valence-electron chi connectivity index (χ2n) is 6.40. The highest BCUT2D eigenvalue weighted by atomic mass is 127. The molecule has 0 saturated heterocycles. The maximum absolute atomic E-state index is 11.9. The minimum absolute atomic E-state index is 0. The van der Waals surface area contributed by atoms with Crippen LogP contribution in [0.3, 0.4) is 0 Å². The predicted octanol–water partition coefficient (Wildman–Crippen LogP) is 4.55. The van der Waals surface area contributed by atoms with E-state index in [4.69, 9.17) is 11.6 Å². The molecule has 3 rings (SSSR count). The number of carbonyl (C=O) groups is 1. The monoisotopic (exact) mass is 576 g/mol. The van der Waals surface area contributed by atoms with Gasteiger partial charge in [0.1, 0.15) is 0 Å². The summed E-state index contributed by atoms with van der Waals surface area (Å²) in [5, 5.41) is 10.3. The zero-order valence-corrected chi connectivity index (χ0v) is 20.1. The normalized spacial score (nSPS) is 15.9. The van der Waals surface area contributed by atoms with Crippen molar-refractivity contribution < 1.29 is 4.79 Å². The van der Waals surface area contributed by atoms with Gasteiger partial charge in [-0.1, -0.05) is 45.7 Å². The lowest BCUT2D eigenvalue weighted by atomic mass is 9.90.